The zero-order chi connectivity index (χ0) is 17.2. The number of alkyl halides is 3. The van der Waals surface area contributed by atoms with Crippen molar-refractivity contribution in [2.24, 2.45) is 11.8 Å². The maximum Gasteiger partial charge on any atom is 0.416 e. The molecule has 1 aromatic carbocycles. The van der Waals surface area contributed by atoms with Crippen LogP contribution in [0, 0.1) is 11.8 Å². The molecular weight excluding hydrogens is 329 g/mol. The normalized spacial score (nSPS) is 25.2. The van der Waals surface area contributed by atoms with Crippen LogP contribution in [0.5, 0.6) is 0 Å². The van der Waals surface area contributed by atoms with E-state index in [0.717, 1.165) is 42.6 Å². The highest BCUT2D eigenvalue weighted by Crippen LogP contribution is 2.33. The molecule has 1 amide bonds. The van der Waals surface area contributed by atoms with Gasteiger partial charge in [-0.2, -0.15) is 13.2 Å². The molecule has 3 nitrogen and oxygen atoms in total. The van der Waals surface area contributed by atoms with E-state index >= 15 is 0 Å². The van der Waals surface area contributed by atoms with Crippen molar-refractivity contribution in [2.75, 3.05) is 25.0 Å². The van der Waals surface area contributed by atoms with Gasteiger partial charge in [0, 0.05) is 11.8 Å². The van der Waals surface area contributed by atoms with E-state index in [1.165, 1.54) is 0 Å². The fraction of sp³-hybridized carbons (Fsp3) is 0.562. The molecule has 0 spiro atoms. The fourth-order valence-corrected chi connectivity index (χ4v) is 3.45. The number of hydrogen-bond donors (Lipinski definition) is 2. The molecule has 23 heavy (non-hydrogen) atoms. The molecule has 2 rings (SSSR count). The molecule has 0 unspecified atom stereocenters. The van der Waals surface area contributed by atoms with Crippen molar-refractivity contribution in [1.29, 1.82) is 0 Å². The Labute approximate surface area is 138 Å². The summed E-state index contributed by atoms with van der Waals surface area (Å²) in [5.74, 6) is 0.764. The molecule has 0 radical (unpaired) electrons. The van der Waals surface area contributed by atoms with E-state index in [0.29, 0.717) is 11.8 Å². The van der Waals surface area contributed by atoms with E-state index in [4.69, 9.17) is 11.6 Å². The van der Waals surface area contributed by atoms with Crippen molar-refractivity contribution in [3.63, 3.8) is 0 Å². The van der Waals surface area contributed by atoms with Gasteiger partial charge in [0.25, 0.3) is 5.91 Å². The second-order valence-corrected chi connectivity index (χ2v) is 6.93. The first kappa shape index (κ1) is 18.1. The van der Waals surface area contributed by atoms with E-state index < -0.39 is 11.7 Å². The lowest BCUT2D eigenvalue weighted by Gasteiger charge is -2.31. The molecule has 2 N–H and O–H groups in total. The highest BCUT2D eigenvalue weighted by atomic mass is 35.5. The fourth-order valence-electron chi connectivity index (χ4n) is 3.29. The van der Waals surface area contributed by atoms with Gasteiger partial charge in [-0.05, 0) is 24.6 Å². The van der Waals surface area contributed by atoms with Gasteiger partial charge in [-0.25, -0.2) is 0 Å². The monoisotopic (exact) mass is 349 g/mol. The van der Waals surface area contributed by atoms with E-state index in [1.807, 2.05) is 0 Å². The van der Waals surface area contributed by atoms with E-state index in [1.54, 1.807) is 0 Å². The van der Waals surface area contributed by atoms with Gasteiger partial charge in [-0.15, -0.1) is 0 Å². The van der Waals surface area contributed by atoms with Crippen molar-refractivity contribution in [1.82, 2.24) is 0 Å². The highest BCUT2D eigenvalue weighted by molar-refractivity contribution is 6.33. The van der Waals surface area contributed by atoms with Gasteiger partial charge in [0.1, 0.15) is 0 Å². The molecule has 128 valence electrons. The van der Waals surface area contributed by atoms with Crippen molar-refractivity contribution >= 4 is 23.2 Å². The zero-order valence-electron chi connectivity index (χ0n) is 13.1. The molecule has 1 aliphatic rings. The number of benzene rings is 1. The van der Waals surface area contributed by atoms with E-state index in [-0.39, 0.29) is 23.2 Å². The van der Waals surface area contributed by atoms with Crippen LogP contribution in [-0.2, 0) is 11.0 Å². The number of halogens is 4. The Kier molecular flexibility index (Phi) is 5.57. The Bertz CT molecular complexity index is 567. The van der Waals surface area contributed by atoms with Gasteiger partial charge >= 0.3 is 6.18 Å². The summed E-state index contributed by atoms with van der Waals surface area (Å²) in [6, 6.07) is 2.92. The molecule has 1 saturated heterocycles. The summed E-state index contributed by atoms with van der Waals surface area (Å²) in [4.78, 5) is 13.3. The van der Waals surface area contributed by atoms with Crippen LogP contribution < -0.4 is 10.2 Å². The summed E-state index contributed by atoms with van der Waals surface area (Å²) in [6.07, 6.45) is -3.32. The lowest BCUT2D eigenvalue weighted by molar-refractivity contribution is -0.904. The number of piperidine rings is 1. The quantitative estimate of drug-likeness (QED) is 0.864. The van der Waals surface area contributed by atoms with Crippen molar-refractivity contribution < 1.29 is 22.9 Å². The largest absolute Gasteiger partial charge is 0.416 e. The molecule has 2 atom stereocenters. The van der Waals surface area contributed by atoms with Crippen LogP contribution in [0.3, 0.4) is 0 Å². The minimum Gasteiger partial charge on any atom is -0.327 e. The van der Waals surface area contributed by atoms with Gasteiger partial charge in [-0.1, -0.05) is 25.4 Å². The summed E-state index contributed by atoms with van der Waals surface area (Å²) < 4.78 is 38.2. The Hall–Kier alpha value is -1.27. The Morgan fingerprint density at radius 3 is 2.48 bits per heavy atom. The highest BCUT2D eigenvalue weighted by Gasteiger charge is 2.31. The van der Waals surface area contributed by atoms with Gasteiger partial charge < -0.3 is 10.2 Å². The van der Waals surface area contributed by atoms with Crippen molar-refractivity contribution in [3.05, 3.63) is 28.8 Å². The smallest absolute Gasteiger partial charge is 0.327 e. The molecule has 1 aliphatic heterocycles. The predicted molar refractivity (Wildman–Crippen MR) is 83.6 cm³/mol. The Morgan fingerprint density at radius 1 is 1.30 bits per heavy atom. The van der Waals surface area contributed by atoms with Gasteiger partial charge in [0.05, 0.1) is 29.4 Å². The van der Waals surface area contributed by atoms with Crippen LogP contribution >= 0.6 is 11.6 Å². The molecule has 0 bridgehead atoms. The van der Waals surface area contributed by atoms with E-state index in [2.05, 4.69) is 19.2 Å². The van der Waals surface area contributed by atoms with Crippen LogP contribution in [0.4, 0.5) is 18.9 Å². The van der Waals surface area contributed by atoms with Crippen LogP contribution in [-0.4, -0.2) is 25.5 Å². The summed E-state index contributed by atoms with van der Waals surface area (Å²) >= 11 is 5.89. The second kappa shape index (κ2) is 7.09. The third-order valence-corrected chi connectivity index (χ3v) is 4.39. The third-order valence-electron chi connectivity index (χ3n) is 4.06. The average molecular weight is 350 g/mol. The molecule has 1 aromatic rings. The molecule has 1 fully saturated rings. The zero-order valence-corrected chi connectivity index (χ0v) is 13.9. The number of carbonyl (C=O) groups is 1. The van der Waals surface area contributed by atoms with E-state index in [9.17, 15) is 18.0 Å². The predicted octanol–water partition coefficient (Wildman–Crippen LogP) is 2.86. The average Bonchev–Trinajstić information content (AvgIpc) is 2.38. The lowest BCUT2D eigenvalue weighted by atomic mass is 9.92. The van der Waals surface area contributed by atoms with Crippen LogP contribution in [0.2, 0.25) is 5.02 Å². The molecule has 0 aliphatic carbocycles. The SMILES string of the molecule is C[C@H]1C[C@H](C)C[NH+](CC(=O)Nc2cc(C(F)(F)F)ccc2Cl)C1. The topological polar surface area (TPSA) is 33.5 Å². The minimum atomic E-state index is -4.47. The van der Waals surface area contributed by atoms with Crippen LogP contribution in [0.1, 0.15) is 25.8 Å². The molecule has 0 saturated carbocycles. The number of quaternary nitrogens is 1. The maximum absolute atomic E-state index is 12.7. The number of anilines is 1. The number of likely N-dealkylation sites (tertiary alicyclic amines) is 1. The maximum atomic E-state index is 12.7. The number of rotatable bonds is 3. The number of hydrogen-bond acceptors (Lipinski definition) is 1. The summed E-state index contributed by atoms with van der Waals surface area (Å²) in [6.45, 7) is 6.33. The molecule has 0 aromatic heterocycles. The summed E-state index contributed by atoms with van der Waals surface area (Å²) in [5, 5.41) is 2.61. The first-order valence-electron chi connectivity index (χ1n) is 7.65. The van der Waals surface area contributed by atoms with Gasteiger partial charge in [0.15, 0.2) is 6.54 Å². The van der Waals surface area contributed by atoms with Crippen molar-refractivity contribution in [3.8, 4) is 0 Å². The van der Waals surface area contributed by atoms with Gasteiger partial charge in [0.2, 0.25) is 0 Å². The first-order valence-corrected chi connectivity index (χ1v) is 8.03. The number of carbonyl (C=O) groups excluding carboxylic acids is 1. The summed E-state index contributed by atoms with van der Waals surface area (Å²) in [5.41, 5.74) is -0.825. The lowest BCUT2D eigenvalue weighted by Crippen LogP contribution is -3.15. The second-order valence-electron chi connectivity index (χ2n) is 6.52. The summed E-state index contributed by atoms with van der Waals surface area (Å²) in [7, 11) is 0. The van der Waals surface area contributed by atoms with Crippen molar-refractivity contribution in [2.45, 2.75) is 26.4 Å². The number of nitrogens with one attached hydrogen (secondary N) is 2. The van der Waals surface area contributed by atoms with Gasteiger partial charge in [-0.3, -0.25) is 4.79 Å². The third kappa shape index (κ3) is 5.11. The van der Waals surface area contributed by atoms with Crippen LogP contribution in [0.25, 0.3) is 0 Å². The van der Waals surface area contributed by atoms with Crippen LogP contribution in [0.15, 0.2) is 18.2 Å². The Balaban J connectivity index is 2.02. The standard InChI is InChI=1S/C16H20ClF3N2O/c1-10-5-11(2)8-22(7-10)9-15(23)21-14-6-12(16(18,19)20)3-4-13(14)17/h3-4,6,10-11H,5,7-9H2,1-2H3,(H,21,23)/p+1/t10-,11-/m0/s1. The number of amides is 1. The molecule has 7 heteroatoms. The Morgan fingerprint density at radius 2 is 1.91 bits per heavy atom. The molecular formula is C16H21ClF3N2O+. The first-order chi connectivity index (χ1) is 10.6. The minimum absolute atomic E-state index is 0.00370. The molecule has 1 heterocycles.